The quantitative estimate of drug-likeness (QED) is 0.599. The monoisotopic (exact) mass is 207 g/mol. The SMILES string of the molecule is N#CC1CC=C(Cl)C=C1C(F)(F)F. The fourth-order valence-corrected chi connectivity index (χ4v) is 1.27. The zero-order valence-corrected chi connectivity index (χ0v) is 7.15. The van der Waals surface area contributed by atoms with E-state index in [9.17, 15) is 13.2 Å². The van der Waals surface area contributed by atoms with Gasteiger partial charge >= 0.3 is 6.18 Å². The van der Waals surface area contributed by atoms with Crippen molar-refractivity contribution in [2.45, 2.75) is 12.6 Å². The van der Waals surface area contributed by atoms with Gasteiger partial charge in [0.1, 0.15) is 0 Å². The highest BCUT2D eigenvalue weighted by molar-refractivity contribution is 6.31. The minimum atomic E-state index is -4.46. The van der Waals surface area contributed by atoms with Gasteiger partial charge in [-0.15, -0.1) is 0 Å². The van der Waals surface area contributed by atoms with E-state index in [1.54, 1.807) is 6.07 Å². The van der Waals surface area contributed by atoms with Crippen LogP contribution in [0.1, 0.15) is 6.42 Å². The van der Waals surface area contributed by atoms with Crippen molar-refractivity contribution >= 4 is 11.6 Å². The molecule has 1 aliphatic rings. The molecule has 0 spiro atoms. The van der Waals surface area contributed by atoms with E-state index in [4.69, 9.17) is 16.9 Å². The van der Waals surface area contributed by atoms with E-state index in [1.807, 2.05) is 0 Å². The third kappa shape index (κ3) is 2.25. The van der Waals surface area contributed by atoms with Gasteiger partial charge in [-0.1, -0.05) is 17.7 Å². The first-order chi connectivity index (χ1) is 5.95. The molecular weight excluding hydrogens is 203 g/mol. The molecular formula is C8H5ClF3N. The molecule has 0 radical (unpaired) electrons. The minimum Gasteiger partial charge on any atom is -0.198 e. The zero-order chi connectivity index (χ0) is 10.1. The summed E-state index contributed by atoms with van der Waals surface area (Å²) in [5, 5.41) is 8.49. The maximum absolute atomic E-state index is 12.2. The molecule has 70 valence electrons. The van der Waals surface area contributed by atoms with Gasteiger partial charge in [0.05, 0.1) is 17.6 Å². The van der Waals surface area contributed by atoms with E-state index in [0.29, 0.717) is 0 Å². The standard InChI is InChI=1S/C8H5ClF3N/c9-6-2-1-5(4-13)7(3-6)8(10,11)12/h2-3,5H,1H2. The molecule has 0 saturated heterocycles. The topological polar surface area (TPSA) is 23.8 Å². The Morgan fingerprint density at radius 2 is 2.15 bits per heavy atom. The molecule has 0 bridgehead atoms. The van der Waals surface area contributed by atoms with E-state index in [0.717, 1.165) is 6.08 Å². The molecule has 0 aromatic rings. The first-order valence-electron chi connectivity index (χ1n) is 3.49. The van der Waals surface area contributed by atoms with Crippen molar-refractivity contribution in [1.29, 1.82) is 5.26 Å². The Morgan fingerprint density at radius 1 is 1.54 bits per heavy atom. The first kappa shape index (κ1) is 10.1. The molecule has 0 fully saturated rings. The lowest BCUT2D eigenvalue weighted by Gasteiger charge is -2.18. The molecule has 1 unspecified atom stereocenters. The third-order valence-electron chi connectivity index (χ3n) is 1.70. The second kappa shape index (κ2) is 3.43. The van der Waals surface area contributed by atoms with Gasteiger partial charge in [-0.3, -0.25) is 0 Å². The largest absolute Gasteiger partial charge is 0.414 e. The predicted octanol–water partition coefficient (Wildman–Crippen LogP) is 3.14. The van der Waals surface area contributed by atoms with Gasteiger partial charge < -0.3 is 0 Å². The first-order valence-corrected chi connectivity index (χ1v) is 3.87. The van der Waals surface area contributed by atoms with Gasteiger partial charge in [0, 0.05) is 5.03 Å². The summed E-state index contributed by atoms with van der Waals surface area (Å²) in [6, 6.07) is 1.59. The molecule has 0 aliphatic heterocycles. The van der Waals surface area contributed by atoms with Crippen molar-refractivity contribution in [1.82, 2.24) is 0 Å². The molecule has 0 aromatic carbocycles. The van der Waals surface area contributed by atoms with Gasteiger partial charge in [-0.2, -0.15) is 18.4 Å². The summed E-state index contributed by atoms with van der Waals surface area (Å²) < 4.78 is 36.7. The minimum absolute atomic E-state index is 0.0284. The van der Waals surface area contributed by atoms with Crippen LogP contribution in [0.25, 0.3) is 0 Å². The van der Waals surface area contributed by atoms with Crippen molar-refractivity contribution in [2.75, 3.05) is 0 Å². The second-order valence-electron chi connectivity index (χ2n) is 2.60. The van der Waals surface area contributed by atoms with Crippen LogP contribution in [-0.2, 0) is 0 Å². The van der Waals surface area contributed by atoms with Crippen LogP contribution in [0, 0.1) is 17.2 Å². The second-order valence-corrected chi connectivity index (χ2v) is 3.04. The van der Waals surface area contributed by atoms with Crippen LogP contribution in [0.3, 0.4) is 0 Å². The molecule has 1 aliphatic carbocycles. The molecule has 5 heteroatoms. The Kier molecular flexibility index (Phi) is 2.67. The molecule has 1 atom stereocenters. The molecule has 13 heavy (non-hydrogen) atoms. The molecule has 0 amide bonds. The highest BCUT2D eigenvalue weighted by Gasteiger charge is 2.39. The Bertz CT molecular complexity index is 308. The van der Waals surface area contributed by atoms with Crippen LogP contribution >= 0.6 is 11.6 Å². The number of hydrogen-bond acceptors (Lipinski definition) is 1. The fraction of sp³-hybridized carbons (Fsp3) is 0.375. The van der Waals surface area contributed by atoms with Crippen LogP contribution in [0.5, 0.6) is 0 Å². The van der Waals surface area contributed by atoms with Crippen LogP contribution in [0.4, 0.5) is 13.2 Å². The molecule has 1 rings (SSSR count). The number of hydrogen-bond donors (Lipinski definition) is 0. The third-order valence-corrected chi connectivity index (χ3v) is 1.96. The summed E-state index contributed by atoms with van der Waals surface area (Å²) in [6.45, 7) is 0. The predicted molar refractivity (Wildman–Crippen MR) is 41.8 cm³/mol. The van der Waals surface area contributed by atoms with E-state index >= 15 is 0 Å². The van der Waals surface area contributed by atoms with E-state index in [2.05, 4.69) is 0 Å². The van der Waals surface area contributed by atoms with Crippen LogP contribution in [0.15, 0.2) is 22.8 Å². The number of nitriles is 1. The van der Waals surface area contributed by atoms with Crippen molar-refractivity contribution in [2.24, 2.45) is 5.92 Å². The number of nitrogens with zero attached hydrogens (tertiary/aromatic N) is 1. The van der Waals surface area contributed by atoms with Crippen LogP contribution in [-0.4, -0.2) is 6.18 Å². The normalized spacial score (nSPS) is 23.2. The molecule has 1 nitrogen and oxygen atoms in total. The Morgan fingerprint density at radius 3 is 2.62 bits per heavy atom. The highest BCUT2D eigenvalue weighted by Crippen LogP contribution is 2.37. The van der Waals surface area contributed by atoms with Crippen LogP contribution in [0.2, 0.25) is 0 Å². The van der Waals surface area contributed by atoms with Gasteiger partial charge in [0.25, 0.3) is 0 Å². The van der Waals surface area contributed by atoms with Crippen molar-refractivity contribution in [3.05, 3.63) is 22.8 Å². The average molecular weight is 208 g/mol. The fourth-order valence-electron chi connectivity index (χ4n) is 1.07. The van der Waals surface area contributed by atoms with E-state index in [-0.39, 0.29) is 11.5 Å². The maximum atomic E-state index is 12.2. The van der Waals surface area contributed by atoms with Gasteiger partial charge in [-0.25, -0.2) is 0 Å². The highest BCUT2D eigenvalue weighted by atomic mass is 35.5. The maximum Gasteiger partial charge on any atom is 0.414 e. The zero-order valence-electron chi connectivity index (χ0n) is 6.40. The van der Waals surface area contributed by atoms with Crippen molar-refractivity contribution < 1.29 is 13.2 Å². The summed E-state index contributed by atoms with van der Waals surface area (Å²) in [5.41, 5.74) is -0.859. The summed E-state index contributed by atoms with van der Waals surface area (Å²) in [6.07, 6.45) is -2.22. The van der Waals surface area contributed by atoms with Gasteiger partial charge in [0.15, 0.2) is 0 Å². The number of rotatable bonds is 0. The number of alkyl halides is 3. The molecule has 0 saturated carbocycles. The van der Waals surface area contributed by atoms with Crippen molar-refractivity contribution in [3.63, 3.8) is 0 Å². The van der Waals surface area contributed by atoms with E-state index in [1.165, 1.54) is 6.08 Å². The summed E-state index contributed by atoms with van der Waals surface area (Å²) >= 11 is 5.42. The number of halogens is 4. The summed E-state index contributed by atoms with van der Waals surface area (Å²) in [5.74, 6) is -1.12. The lowest BCUT2D eigenvalue weighted by atomic mass is 9.92. The molecule has 0 heterocycles. The van der Waals surface area contributed by atoms with Gasteiger partial charge in [0.2, 0.25) is 0 Å². The Balaban J connectivity index is 3.03. The Hall–Kier alpha value is -0.950. The smallest absolute Gasteiger partial charge is 0.198 e. The van der Waals surface area contributed by atoms with Crippen molar-refractivity contribution in [3.8, 4) is 6.07 Å². The summed E-state index contributed by atoms with van der Waals surface area (Å²) in [4.78, 5) is 0. The Labute approximate surface area is 78.1 Å². The lowest BCUT2D eigenvalue weighted by Crippen LogP contribution is -2.20. The summed E-state index contributed by atoms with van der Waals surface area (Å²) in [7, 11) is 0. The molecule has 0 aromatic heterocycles. The molecule has 0 N–H and O–H groups in total. The average Bonchev–Trinajstić information content (AvgIpc) is 2.03. The van der Waals surface area contributed by atoms with Crippen LogP contribution < -0.4 is 0 Å². The number of allylic oxidation sites excluding steroid dienone is 4. The van der Waals surface area contributed by atoms with Gasteiger partial charge in [-0.05, 0) is 12.5 Å². The lowest BCUT2D eigenvalue weighted by molar-refractivity contribution is -0.0970. The van der Waals surface area contributed by atoms with E-state index < -0.39 is 17.7 Å².